The van der Waals surface area contributed by atoms with Gasteiger partial charge < -0.3 is 9.67 Å². The minimum atomic E-state index is -0.726. The van der Waals surface area contributed by atoms with Gasteiger partial charge in [-0.15, -0.1) is 0 Å². The van der Waals surface area contributed by atoms with E-state index < -0.39 is 10.8 Å². The maximum absolute atomic E-state index is 11.2. The molecule has 1 heterocycles. The first kappa shape index (κ1) is 13.8. The largest absolute Gasteiger partial charge is 0.388 e. The van der Waals surface area contributed by atoms with Gasteiger partial charge in [-0.1, -0.05) is 0 Å². The van der Waals surface area contributed by atoms with Gasteiger partial charge in [-0.25, -0.2) is 0 Å². The molecule has 1 aliphatic carbocycles. The van der Waals surface area contributed by atoms with Crippen LogP contribution in [0.5, 0.6) is 0 Å². The van der Waals surface area contributed by atoms with Crippen LogP contribution in [0, 0.1) is 6.92 Å². The Balaban J connectivity index is 2.24. The van der Waals surface area contributed by atoms with Gasteiger partial charge in [0.15, 0.2) is 0 Å². The average molecular weight is 269 g/mol. The Morgan fingerprint density at radius 2 is 2.33 bits per heavy atom. The van der Waals surface area contributed by atoms with Gasteiger partial charge in [0.2, 0.25) is 0 Å². The number of hydrogen-bond acceptors (Lipinski definition) is 2. The zero-order valence-electron chi connectivity index (χ0n) is 11.5. The van der Waals surface area contributed by atoms with Gasteiger partial charge in [0.1, 0.15) is 0 Å². The lowest BCUT2D eigenvalue weighted by Crippen LogP contribution is -2.16. The first-order valence-corrected chi connectivity index (χ1v) is 8.42. The van der Waals surface area contributed by atoms with Gasteiger partial charge in [-0.05, 0) is 45.6 Å². The highest BCUT2D eigenvalue weighted by atomic mass is 32.2. The van der Waals surface area contributed by atoms with Crippen LogP contribution in [0.25, 0.3) is 0 Å². The maximum atomic E-state index is 11.2. The molecule has 0 bridgehead atoms. The van der Waals surface area contributed by atoms with Crippen LogP contribution in [-0.2, 0) is 17.2 Å². The van der Waals surface area contributed by atoms with Crippen molar-refractivity contribution in [2.45, 2.75) is 51.7 Å². The van der Waals surface area contributed by atoms with E-state index in [-0.39, 0.29) is 6.10 Å². The molecule has 102 valence electrons. The summed E-state index contributed by atoms with van der Waals surface area (Å²) in [7, 11) is -0.726. The van der Waals surface area contributed by atoms with Crippen LogP contribution >= 0.6 is 0 Å². The van der Waals surface area contributed by atoms with Crippen LogP contribution in [0.3, 0.4) is 0 Å². The van der Waals surface area contributed by atoms with Gasteiger partial charge in [0, 0.05) is 45.8 Å². The number of nitrogens with zero attached hydrogens (tertiary/aromatic N) is 1. The lowest BCUT2D eigenvalue weighted by molar-refractivity contribution is 0.155. The number of aryl methyl sites for hydroxylation is 1. The van der Waals surface area contributed by atoms with Crippen molar-refractivity contribution in [3.05, 3.63) is 23.0 Å². The summed E-state index contributed by atoms with van der Waals surface area (Å²) in [4.78, 5) is 0. The number of aliphatic hydroxyl groups excluding tert-OH is 1. The monoisotopic (exact) mass is 269 g/mol. The maximum Gasteiger partial charge on any atom is 0.0807 e. The second kappa shape index (κ2) is 5.57. The van der Waals surface area contributed by atoms with Crippen molar-refractivity contribution in [1.82, 2.24) is 4.57 Å². The Kier molecular flexibility index (Phi) is 4.28. The summed E-state index contributed by atoms with van der Waals surface area (Å²) in [6, 6.07) is 2.49. The number of rotatable bonds is 4. The van der Waals surface area contributed by atoms with E-state index >= 15 is 0 Å². The summed E-state index contributed by atoms with van der Waals surface area (Å²) in [5.74, 6) is 0.746. The molecular formula is C14H23NO2S. The predicted molar refractivity (Wildman–Crippen MR) is 75.3 cm³/mol. The van der Waals surface area contributed by atoms with Crippen molar-refractivity contribution in [3.63, 3.8) is 0 Å². The van der Waals surface area contributed by atoms with Crippen LogP contribution in [0.15, 0.2) is 6.07 Å². The summed E-state index contributed by atoms with van der Waals surface area (Å²) < 4.78 is 13.5. The minimum absolute atomic E-state index is 0.291. The lowest BCUT2D eigenvalue weighted by atomic mass is 9.95. The first-order chi connectivity index (χ1) is 8.50. The molecule has 18 heavy (non-hydrogen) atoms. The fraction of sp³-hybridized carbons (Fsp3) is 0.714. The standard InChI is InChI=1S/C14H23NO2S/c1-10(7-8-18(3)17)15-11(2)9-12-13(15)5-4-6-14(12)16/h9-10,14,16H,4-8H2,1-3H3. The molecular weight excluding hydrogens is 246 g/mol. The molecule has 2 rings (SSSR count). The number of fused-ring (bicyclic) bond motifs is 1. The van der Waals surface area contributed by atoms with Gasteiger partial charge in [-0.2, -0.15) is 0 Å². The molecule has 0 fully saturated rings. The fourth-order valence-corrected chi connectivity index (χ4v) is 3.65. The van der Waals surface area contributed by atoms with Gasteiger partial charge in [0.25, 0.3) is 0 Å². The first-order valence-electron chi connectivity index (χ1n) is 6.69. The van der Waals surface area contributed by atoms with E-state index in [0.717, 1.165) is 37.0 Å². The van der Waals surface area contributed by atoms with Gasteiger partial charge in [-0.3, -0.25) is 4.21 Å². The molecule has 4 heteroatoms. The number of aromatic nitrogens is 1. The minimum Gasteiger partial charge on any atom is -0.388 e. The van der Waals surface area contributed by atoms with Crippen LogP contribution in [-0.4, -0.2) is 25.9 Å². The van der Waals surface area contributed by atoms with E-state index in [1.165, 1.54) is 11.4 Å². The van der Waals surface area contributed by atoms with E-state index in [0.29, 0.717) is 6.04 Å². The molecule has 0 amide bonds. The van der Waals surface area contributed by atoms with E-state index in [1.807, 2.05) is 0 Å². The van der Waals surface area contributed by atoms with E-state index in [4.69, 9.17) is 0 Å². The molecule has 0 saturated heterocycles. The second-order valence-corrected chi connectivity index (χ2v) is 6.94. The Morgan fingerprint density at radius 1 is 1.61 bits per heavy atom. The molecule has 3 atom stereocenters. The van der Waals surface area contributed by atoms with Crippen molar-refractivity contribution in [2.75, 3.05) is 12.0 Å². The third-order valence-electron chi connectivity index (χ3n) is 3.88. The second-order valence-electron chi connectivity index (χ2n) is 5.38. The third kappa shape index (κ3) is 2.69. The Bertz CT molecular complexity index is 453. The molecule has 0 radical (unpaired) electrons. The quantitative estimate of drug-likeness (QED) is 0.912. The predicted octanol–water partition coefficient (Wildman–Crippen LogP) is 2.50. The van der Waals surface area contributed by atoms with E-state index in [9.17, 15) is 9.32 Å². The van der Waals surface area contributed by atoms with Crippen LogP contribution in [0.4, 0.5) is 0 Å². The Morgan fingerprint density at radius 3 is 3.00 bits per heavy atom. The molecule has 3 nitrogen and oxygen atoms in total. The molecule has 0 saturated carbocycles. The Hall–Kier alpha value is -0.610. The van der Waals surface area contributed by atoms with Gasteiger partial charge in [0.05, 0.1) is 6.10 Å². The van der Waals surface area contributed by atoms with Crippen molar-refractivity contribution in [2.24, 2.45) is 0 Å². The Labute approximate surface area is 112 Å². The smallest absolute Gasteiger partial charge is 0.0807 e. The molecule has 0 aliphatic heterocycles. The van der Waals surface area contributed by atoms with Crippen molar-refractivity contribution >= 4 is 10.8 Å². The van der Waals surface area contributed by atoms with Crippen LogP contribution < -0.4 is 0 Å². The zero-order valence-corrected chi connectivity index (χ0v) is 12.3. The number of hydrogen-bond donors (Lipinski definition) is 1. The average Bonchev–Trinajstić information content (AvgIpc) is 2.64. The van der Waals surface area contributed by atoms with E-state index in [1.54, 1.807) is 6.26 Å². The van der Waals surface area contributed by atoms with Crippen molar-refractivity contribution < 1.29 is 9.32 Å². The molecule has 0 spiro atoms. The molecule has 1 aliphatic rings. The van der Waals surface area contributed by atoms with Crippen molar-refractivity contribution in [3.8, 4) is 0 Å². The zero-order chi connectivity index (χ0) is 13.3. The highest BCUT2D eigenvalue weighted by Gasteiger charge is 2.24. The molecule has 3 unspecified atom stereocenters. The van der Waals surface area contributed by atoms with Crippen LogP contribution in [0.2, 0.25) is 0 Å². The topological polar surface area (TPSA) is 42.2 Å². The summed E-state index contributed by atoms with van der Waals surface area (Å²) in [6.45, 7) is 4.28. The summed E-state index contributed by atoms with van der Waals surface area (Å²) >= 11 is 0. The molecule has 0 aromatic carbocycles. The van der Waals surface area contributed by atoms with E-state index in [2.05, 4.69) is 24.5 Å². The summed E-state index contributed by atoms with van der Waals surface area (Å²) in [6.07, 6.45) is 5.39. The third-order valence-corrected chi connectivity index (χ3v) is 4.69. The van der Waals surface area contributed by atoms with Crippen molar-refractivity contribution in [1.29, 1.82) is 0 Å². The number of aliphatic hydroxyl groups is 1. The molecule has 1 aromatic heterocycles. The highest BCUT2D eigenvalue weighted by Crippen LogP contribution is 2.34. The normalized spacial score (nSPS) is 22.6. The summed E-state index contributed by atoms with van der Waals surface area (Å²) in [5, 5.41) is 10.0. The van der Waals surface area contributed by atoms with Crippen LogP contribution in [0.1, 0.15) is 55.3 Å². The SMILES string of the molecule is Cc1cc2c(n1C(C)CCS(C)=O)CCCC2O. The molecule has 1 N–H and O–H groups in total. The highest BCUT2D eigenvalue weighted by molar-refractivity contribution is 7.84. The lowest BCUT2D eigenvalue weighted by Gasteiger charge is -2.24. The summed E-state index contributed by atoms with van der Waals surface area (Å²) in [5.41, 5.74) is 3.62. The fourth-order valence-electron chi connectivity index (χ4n) is 2.98. The van der Waals surface area contributed by atoms with Gasteiger partial charge >= 0.3 is 0 Å². The molecule has 1 aromatic rings.